The topological polar surface area (TPSA) is 42.5 Å². The van der Waals surface area contributed by atoms with E-state index in [9.17, 15) is 0 Å². The Balaban J connectivity index is 1.59. The maximum Gasteiger partial charge on any atom is 0.162 e. The van der Waals surface area contributed by atoms with E-state index in [4.69, 9.17) is 15.1 Å². The minimum Gasteiger partial charge on any atom is -0.251 e. The Kier molecular flexibility index (Phi) is 2.91. The lowest BCUT2D eigenvalue weighted by Crippen LogP contribution is -2.26. The summed E-state index contributed by atoms with van der Waals surface area (Å²) in [5.74, 6) is 0. The molecule has 0 atom stereocenters. The van der Waals surface area contributed by atoms with Crippen LogP contribution in [0.4, 0.5) is 5.69 Å². The van der Waals surface area contributed by atoms with Gasteiger partial charge >= 0.3 is 0 Å². The van der Waals surface area contributed by atoms with Crippen LogP contribution in [0, 0.1) is 0 Å². The Morgan fingerprint density at radius 1 is 0.857 bits per heavy atom. The number of rotatable bonds is 1. The monoisotopic (exact) mass is 362 g/mol. The van der Waals surface area contributed by atoms with E-state index in [1.54, 1.807) is 0 Å². The van der Waals surface area contributed by atoms with E-state index in [2.05, 4.69) is 62.5 Å². The molecule has 3 aromatic carbocycles. The Morgan fingerprint density at radius 3 is 2.54 bits per heavy atom. The van der Waals surface area contributed by atoms with Gasteiger partial charge < -0.3 is 0 Å². The van der Waals surface area contributed by atoms with Gasteiger partial charge in [-0.3, -0.25) is 4.99 Å². The van der Waals surface area contributed by atoms with Crippen molar-refractivity contribution in [2.75, 3.05) is 0 Å². The number of hydrogen-bond acceptors (Lipinski definition) is 3. The smallest absolute Gasteiger partial charge is 0.162 e. The van der Waals surface area contributed by atoms with Crippen LogP contribution in [0.5, 0.6) is 0 Å². The zero-order valence-electron chi connectivity index (χ0n) is 15.7. The number of aliphatic imine (C=N–C) groups is 1. The molecule has 4 heteroatoms. The van der Waals surface area contributed by atoms with Crippen molar-refractivity contribution in [3.8, 4) is 0 Å². The van der Waals surface area contributed by atoms with Crippen LogP contribution in [0.15, 0.2) is 78.0 Å². The normalized spacial score (nSPS) is 15.3. The highest BCUT2D eigenvalue weighted by atomic mass is 15.2. The first-order valence-corrected chi connectivity index (χ1v) is 9.48. The Labute approximate surface area is 162 Å². The summed E-state index contributed by atoms with van der Waals surface area (Å²) >= 11 is 0. The predicted octanol–water partition coefficient (Wildman–Crippen LogP) is 5.45. The van der Waals surface area contributed by atoms with Gasteiger partial charge in [0.25, 0.3) is 0 Å². The molecular weight excluding hydrogens is 344 g/mol. The van der Waals surface area contributed by atoms with Gasteiger partial charge in [-0.2, -0.15) is 5.10 Å². The van der Waals surface area contributed by atoms with Gasteiger partial charge in [-0.15, -0.1) is 0 Å². The zero-order valence-corrected chi connectivity index (χ0v) is 15.7. The standard InChI is InChI=1S/C24H18N4/c1-24(2)19-12-11-15-7-3-4-8-17(15)21(19)26-22(24)16-13-25-23-18-9-5-6-10-20(18)27-28(23)14-16/h3-14H,1-2H3. The van der Waals surface area contributed by atoms with Gasteiger partial charge in [0, 0.05) is 34.1 Å². The molecule has 0 radical (unpaired) electrons. The summed E-state index contributed by atoms with van der Waals surface area (Å²) in [5, 5.41) is 8.17. The maximum absolute atomic E-state index is 5.10. The molecule has 0 bridgehead atoms. The van der Waals surface area contributed by atoms with Crippen LogP contribution < -0.4 is 0 Å². The Morgan fingerprint density at radius 2 is 1.64 bits per heavy atom. The molecule has 6 rings (SSSR count). The molecule has 0 saturated heterocycles. The number of benzene rings is 3. The van der Waals surface area contributed by atoms with Gasteiger partial charge in [0.05, 0.1) is 16.9 Å². The van der Waals surface area contributed by atoms with E-state index in [-0.39, 0.29) is 5.41 Å². The molecule has 0 saturated carbocycles. The van der Waals surface area contributed by atoms with E-state index < -0.39 is 0 Å². The molecule has 0 aliphatic carbocycles. The average molecular weight is 362 g/mol. The number of hydrogen-bond donors (Lipinski definition) is 0. The second kappa shape index (κ2) is 5.26. The highest BCUT2D eigenvalue weighted by Gasteiger charge is 2.37. The molecule has 0 amide bonds. The van der Waals surface area contributed by atoms with Crippen molar-refractivity contribution < 1.29 is 0 Å². The average Bonchev–Trinajstić information content (AvgIpc) is 3.22. The van der Waals surface area contributed by atoms with Gasteiger partial charge in [-0.1, -0.05) is 62.4 Å². The second-order valence-corrected chi connectivity index (χ2v) is 7.90. The van der Waals surface area contributed by atoms with E-state index in [0.717, 1.165) is 33.5 Å². The van der Waals surface area contributed by atoms with E-state index in [0.29, 0.717) is 0 Å². The Bertz CT molecular complexity index is 1440. The summed E-state index contributed by atoms with van der Waals surface area (Å²) < 4.78 is 1.87. The van der Waals surface area contributed by atoms with Crippen molar-refractivity contribution in [1.29, 1.82) is 0 Å². The third kappa shape index (κ3) is 1.97. The van der Waals surface area contributed by atoms with Crippen molar-refractivity contribution in [3.05, 3.63) is 84.2 Å². The third-order valence-corrected chi connectivity index (χ3v) is 5.83. The van der Waals surface area contributed by atoms with Crippen LogP contribution in [-0.2, 0) is 5.41 Å². The van der Waals surface area contributed by atoms with Crippen molar-refractivity contribution >= 4 is 38.7 Å². The van der Waals surface area contributed by atoms with Crippen molar-refractivity contribution in [1.82, 2.24) is 14.6 Å². The number of nitrogens with zero attached hydrogens (tertiary/aromatic N) is 4. The fourth-order valence-corrected chi connectivity index (χ4v) is 4.36. The van der Waals surface area contributed by atoms with Crippen LogP contribution in [-0.4, -0.2) is 20.3 Å². The summed E-state index contributed by atoms with van der Waals surface area (Å²) in [6.45, 7) is 4.46. The highest BCUT2D eigenvalue weighted by molar-refractivity contribution is 6.15. The molecule has 4 nitrogen and oxygen atoms in total. The maximum atomic E-state index is 5.10. The molecule has 134 valence electrons. The first-order valence-electron chi connectivity index (χ1n) is 9.48. The highest BCUT2D eigenvalue weighted by Crippen LogP contribution is 2.45. The summed E-state index contributed by atoms with van der Waals surface area (Å²) in [7, 11) is 0. The predicted molar refractivity (Wildman–Crippen MR) is 114 cm³/mol. The summed E-state index contributed by atoms with van der Waals surface area (Å²) in [5.41, 5.74) is 6.00. The van der Waals surface area contributed by atoms with Gasteiger partial charge in [0.2, 0.25) is 0 Å². The zero-order chi connectivity index (χ0) is 18.9. The summed E-state index contributed by atoms with van der Waals surface area (Å²) in [6.07, 6.45) is 3.98. The van der Waals surface area contributed by atoms with Gasteiger partial charge in [-0.05, 0) is 23.1 Å². The molecule has 3 heterocycles. The quantitative estimate of drug-likeness (QED) is 0.398. The lowest BCUT2D eigenvalue weighted by Gasteiger charge is -2.22. The Hall–Kier alpha value is -3.53. The lowest BCUT2D eigenvalue weighted by atomic mass is 9.79. The lowest BCUT2D eigenvalue weighted by molar-refractivity contribution is 0.736. The third-order valence-electron chi connectivity index (χ3n) is 5.83. The largest absolute Gasteiger partial charge is 0.251 e. The van der Waals surface area contributed by atoms with Crippen LogP contribution in [0.25, 0.3) is 27.3 Å². The molecule has 5 aromatic rings. The molecule has 28 heavy (non-hydrogen) atoms. The van der Waals surface area contributed by atoms with Gasteiger partial charge in [0.15, 0.2) is 5.65 Å². The molecule has 1 aliphatic heterocycles. The fourth-order valence-electron chi connectivity index (χ4n) is 4.36. The van der Waals surface area contributed by atoms with E-state index in [1.807, 2.05) is 28.9 Å². The molecule has 0 N–H and O–H groups in total. The van der Waals surface area contributed by atoms with Crippen LogP contribution in [0.3, 0.4) is 0 Å². The summed E-state index contributed by atoms with van der Waals surface area (Å²) in [6, 6.07) is 20.9. The van der Waals surface area contributed by atoms with Crippen LogP contribution in [0.1, 0.15) is 25.0 Å². The van der Waals surface area contributed by atoms with Crippen molar-refractivity contribution in [2.24, 2.45) is 4.99 Å². The van der Waals surface area contributed by atoms with Crippen molar-refractivity contribution in [3.63, 3.8) is 0 Å². The second-order valence-electron chi connectivity index (χ2n) is 7.90. The molecule has 0 fully saturated rings. The first kappa shape index (κ1) is 15.5. The van der Waals surface area contributed by atoms with Crippen molar-refractivity contribution in [2.45, 2.75) is 19.3 Å². The number of fused-ring (bicyclic) bond motifs is 6. The minimum absolute atomic E-state index is 0.193. The van der Waals surface area contributed by atoms with Gasteiger partial charge in [0.1, 0.15) is 0 Å². The fraction of sp³-hybridized carbons (Fsp3) is 0.125. The van der Waals surface area contributed by atoms with Crippen LogP contribution >= 0.6 is 0 Å². The summed E-state index contributed by atoms with van der Waals surface area (Å²) in [4.78, 5) is 9.82. The molecule has 0 spiro atoms. The van der Waals surface area contributed by atoms with E-state index in [1.165, 1.54) is 16.3 Å². The molecule has 0 unspecified atom stereocenters. The SMILES string of the molecule is CC1(C)C(c2cnc3c4ccccc4nn3c2)=Nc2c1ccc1ccccc21. The number of aromatic nitrogens is 3. The molecule has 2 aromatic heterocycles. The minimum atomic E-state index is -0.193. The molecule has 1 aliphatic rings. The first-order chi connectivity index (χ1) is 13.6. The van der Waals surface area contributed by atoms with E-state index >= 15 is 0 Å². The molecular formula is C24H18N4. The van der Waals surface area contributed by atoms with Gasteiger partial charge in [-0.25, -0.2) is 9.50 Å². The van der Waals surface area contributed by atoms with Crippen LogP contribution in [0.2, 0.25) is 0 Å².